The molecule has 3 aliphatic rings. The Hall–Kier alpha value is -1.61. The van der Waals surface area contributed by atoms with E-state index in [0.717, 1.165) is 30.9 Å². The van der Waals surface area contributed by atoms with E-state index in [9.17, 15) is 13.6 Å². The van der Waals surface area contributed by atoms with Gasteiger partial charge in [-0.1, -0.05) is 5.16 Å². The number of nitrogens with zero attached hydrogens (tertiary/aromatic N) is 3. The zero-order chi connectivity index (χ0) is 17.5. The molecule has 1 N–H and O–H groups in total. The topological polar surface area (TPSA) is 66.8 Å². The zero-order valence-electron chi connectivity index (χ0n) is 13.7. The number of carbonyl (C=O) groups is 1. The van der Waals surface area contributed by atoms with Crippen LogP contribution in [0.15, 0.2) is 16.7 Å². The third-order valence-corrected chi connectivity index (χ3v) is 5.75. The maximum Gasteiger partial charge on any atom is 0.269 e. The molecule has 1 amide bonds. The quantitative estimate of drug-likeness (QED) is 0.882. The summed E-state index contributed by atoms with van der Waals surface area (Å²) >= 11 is 1.62. The molecule has 1 aromatic heterocycles. The van der Waals surface area contributed by atoms with Crippen LogP contribution in [0.3, 0.4) is 0 Å². The Balaban J connectivity index is 1.31. The summed E-state index contributed by atoms with van der Waals surface area (Å²) in [5.74, 6) is -3.03. The molecule has 1 spiro atoms. The van der Waals surface area contributed by atoms with E-state index in [1.165, 1.54) is 0 Å². The minimum Gasteiger partial charge on any atom is -0.387 e. The second-order valence-corrected chi connectivity index (χ2v) is 8.14. The van der Waals surface area contributed by atoms with Crippen LogP contribution in [0.25, 0.3) is 0 Å². The van der Waals surface area contributed by atoms with Gasteiger partial charge in [0.2, 0.25) is 0 Å². The summed E-state index contributed by atoms with van der Waals surface area (Å²) in [5, 5.41) is 9.61. The fourth-order valence-corrected chi connectivity index (χ4v) is 4.40. The SMILES string of the molecule is O=C(NC1CC(F)(F)C1)C1=NO[C@]2(CCCN(Cc3nccs3)C2)C1. The summed E-state index contributed by atoms with van der Waals surface area (Å²) in [6.45, 7) is 2.42. The predicted octanol–water partition coefficient (Wildman–Crippen LogP) is 2.17. The number of nitrogens with one attached hydrogen (secondary N) is 1. The average molecular weight is 370 g/mol. The number of alkyl halides is 2. The highest BCUT2D eigenvalue weighted by Crippen LogP contribution is 2.38. The van der Waals surface area contributed by atoms with Crippen LogP contribution in [0.1, 0.15) is 37.1 Å². The molecule has 9 heteroatoms. The minimum atomic E-state index is -2.65. The highest BCUT2D eigenvalue weighted by atomic mass is 32.1. The van der Waals surface area contributed by atoms with Gasteiger partial charge in [0.25, 0.3) is 11.8 Å². The highest BCUT2D eigenvalue weighted by molar-refractivity contribution is 7.09. The Labute approximate surface area is 148 Å². The van der Waals surface area contributed by atoms with Crippen molar-refractivity contribution < 1.29 is 18.4 Å². The molecule has 2 fully saturated rings. The van der Waals surface area contributed by atoms with Crippen molar-refractivity contribution in [2.75, 3.05) is 13.1 Å². The number of carbonyl (C=O) groups excluding carboxylic acids is 1. The summed E-state index contributed by atoms with van der Waals surface area (Å²) in [6, 6.07) is -0.463. The lowest BCUT2D eigenvalue weighted by atomic mass is 9.86. The van der Waals surface area contributed by atoms with Crippen LogP contribution in [-0.2, 0) is 16.2 Å². The Morgan fingerprint density at radius 3 is 3.04 bits per heavy atom. The number of hydrogen-bond acceptors (Lipinski definition) is 6. The molecule has 1 aliphatic carbocycles. The number of thiazole rings is 1. The third kappa shape index (κ3) is 3.67. The van der Waals surface area contributed by atoms with Crippen molar-refractivity contribution in [3.8, 4) is 0 Å². The Morgan fingerprint density at radius 2 is 2.32 bits per heavy atom. The Bertz CT molecular complexity index is 674. The summed E-state index contributed by atoms with van der Waals surface area (Å²) < 4.78 is 25.8. The summed E-state index contributed by atoms with van der Waals surface area (Å²) in [5.41, 5.74) is -0.169. The maximum atomic E-state index is 12.9. The van der Waals surface area contributed by atoms with E-state index < -0.39 is 17.6 Å². The van der Waals surface area contributed by atoms with Crippen LogP contribution >= 0.6 is 11.3 Å². The van der Waals surface area contributed by atoms with Gasteiger partial charge < -0.3 is 10.2 Å². The van der Waals surface area contributed by atoms with Gasteiger partial charge in [0.05, 0.1) is 6.54 Å². The van der Waals surface area contributed by atoms with Crippen LogP contribution in [0.2, 0.25) is 0 Å². The lowest BCUT2D eigenvalue weighted by Crippen LogP contribution is -2.53. The summed E-state index contributed by atoms with van der Waals surface area (Å²) in [6.07, 6.45) is 3.44. The normalized spacial score (nSPS) is 29.1. The first-order valence-electron chi connectivity index (χ1n) is 8.48. The molecule has 1 saturated carbocycles. The molecule has 1 saturated heterocycles. The molecular weight excluding hydrogens is 350 g/mol. The first-order valence-corrected chi connectivity index (χ1v) is 9.36. The van der Waals surface area contributed by atoms with Gasteiger partial charge in [-0.15, -0.1) is 11.3 Å². The first-order chi connectivity index (χ1) is 11.9. The number of hydrogen-bond donors (Lipinski definition) is 1. The second-order valence-electron chi connectivity index (χ2n) is 7.16. The van der Waals surface area contributed by atoms with Crippen molar-refractivity contribution >= 4 is 23.0 Å². The van der Waals surface area contributed by atoms with Gasteiger partial charge in [-0.05, 0) is 19.4 Å². The predicted molar refractivity (Wildman–Crippen MR) is 88.6 cm³/mol. The van der Waals surface area contributed by atoms with Crippen molar-refractivity contribution in [3.63, 3.8) is 0 Å². The van der Waals surface area contributed by atoms with Crippen molar-refractivity contribution in [3.05, 3.63) is 16.6 Å². The van der Waals surface area contributed by atoms with Crippen molar-refractivity contribution in [2.45, 2.75) is 56.2 Å². The van der Waals surface area contributed by atoms with Crippen LogP contribution < -0.4 is 5.32 Å². The number of piperidine rings is 1. The van der Waals surface area contributed by atoms with Crippen molar-refractivity contribution in [1.82, 2.24) is 15.2 Å². The van der Waals surface area contributed by atoms with Crippen molar-refractivity contribution in [1.29, 1.82) is 0 Å². The molecule has 25 heavy (non-hydrogen) atoms. The van der Waals surface area contributed by atoms with E-state index in [4.69, 9.17) is 4.84 Å². The smallest absolute Gasteiger partial charge is 0.269 e. The second kappa shape index (κ2) is 6.28. The molecule has 0 aromatic carbocycles. The van der Waals surface area contributed by atoms with E-state index in [1.54, 1.807) is 17.5 Å². The number of amides is 1. The van der Waals surface area contributed by atoms with Gasteiger partial charge in [0, 0.05) is 43.4 Å². The number of rotatable bonds is 4. The third-order valence-electron chi connectivity index (χ3n) is 4.99. The lowest BCUT2D eigenvalue weighted by Gasteiger charge is -2.38. The van der Waals surface area contributed by atoms with Crippen LogP contribution in [0, 0.1) is 0 Å². The Morgan fingerprint density at radius 1 is 1.48 bits per heavy atom. The molecule has 0 bridgehead atoms. The Kier molecular flexibility index (Phi) is 4.23. The number of likely N-dealkylation sites (tertiary alicyclic amines) is 1. The van der Waals surface area contributed by atoms with Gasteiger partial charge in [-0.3, -0.25) is 9.69 Å². The minimum absolute atomic E-state index is 0.292. The van der Waals surface area contributed by atoms with Gasteiger partial charge in [0.1, 0.15) is 10.7 Å². The zero-order valence-corrected chi connectivity index (χ0v) is 14.5. The summed E-state index contributed by atoms with van der Waals surface area (Å²) in [4.78, 5) is 24.5. The van der Waals surface area contributed by atoms with Gasteiger partial charge in [0.15, 0.2) is 5.60 Å². The fraction of sp³-hybridized carbons (Fsp3) is 0.688. The molecule has 0 unspecified atom stereocenters. The van der Waals surface area contributed by atoms with Gasteiger partial charge in [-0.2, -0.15) is 0 Å². The molecule has 4 rings (SSSR count). The van der Waals surface area contributed by atoms with E-state index in [-0.39, 0.29) is 18.7 Å². The van der Waals surface area contributed by atoms with E-state index in [2.05, 4.69) is 20.4 Å². The van der Waals surface area contributed by atoms with E-state index >= 15 is 0 Å². The van der Waals surface area contributed by atoms with Crippen LogP contribution in [-0.4, -0.2) is 52.2 Å². The molecule has 136 valence electrons. The van der Waals surface area contributed by atoms with Crippen LogP contribution in [0.5, 0.6) is 0 Å². The average Bonchev–Trinajstić information content (AvgIpc) is 3.16. The molecule has 6 nitrogen and oxygen atoms in total. The van der Waals surface area contributed by atoms with Crippen LogP contribution in [0.4, 0.5) is 8.78 Å². The van der Waals surface area contributed by atoms with Crippen molar-refractivity contribution in [2.24, 2.45) is 5.16 Å². The first kappa shape index (κ1) is 16.8. The molecule has 0 radical (unpaired) electrons. The number of aromatic nitrogens is 1. The summed E-state index contributed by atoms with van der Waals surface area (Å²) in [7, 11) is 0. The molecule has 1 atom stereocenters. The fourth-order valence-electron chi connectivity index (χ4n) is 3.74. The number of oxime groups is 1. The molecule has 2 aliphatic heterocycles. The molecule has 3 heterocycles. The van der Waals surface area contributed by atoms with Gasteiger partial charge >= 0.3 is 0 Å². The van der Waals surface area contributed by atoms with Gasteiger partial charge in [-0.25, -0.2) is 13.8 Å². The molecular formula is C16H20F2N4O2S. The maximum absolute atomic E-state index is 12.9. The van der Waals surface area contributed by atoms with E-state index in [1.807, 2.05) is 5.38 Å². The monoisotopic (exact) mass is 370 g/mol. The largest absolute Gasteiger partial charge is 0.387 e. The number of halogens is 2. The van der Waals surface area contributed by atoms with E-state index in [0.29, 0.717) is 18.7 Å². The highest BCUT2D eigenvalue weighted by Gasteiger charge is 2.48. The lowest BCUT2D eigenvalue weighted by molar-refractivity contribution is -0.123. The molecule has 1 aromatic rings. The standard InChI is InChI=1S/C16H20F2N4O2S/c17-16(18)6-11(7-16)20-14(23)12-8-15(24-21-12)2-1-4-22(10-15)9-13-19-3-5-25-13/h3,5,11H,1-2,4,6-10H2,(H,20,23)/t15-/m1/s1.